The Hall–Kier alpha value is -3.80. The number of carbonyl (C=O) groups is 1. The van der Waals surface area contributed by atoms with Crippen molar-refractivity contribution in [3.8, 4) is 11.5 Å². The molecule has 5 rings (SSSR count). The molecule has 1 aliphatic heterocycles. The van der Waals surface area contributed by atoms with Crippen molar-refractivity contribution in [1.82, 2.24) is 14.9 Å². The molecule has 0 aliphatic carbocycles. The third kappa shape index (κ3) is 3.93. The Labute approximate surface area is 193 Å². The number of aromatic nitrogens is 2. The van der Waals surface area contributed by atoms with E-state index in [1.165, 1.54) is 16.5 Å². The average molecular weight is 442 g/mol. The van der Waals surface area contributed by atoms with E-state index in [9.17, 15) is 4.79 Å². The molecule has 2 aromatic heterocycles. The Kier molecular flexibility index (Phi) is 5.73. The summed E-state index contributed by atoms with van der Waals surface area (Å²) < 4.78 is 11.1. The van der Waals surface area contributed by atoms with Gasteiger partial charge >= 0.3 is 0 Å². The molecule has 1 unspecified atom stereocenters. The second kappa shape index (κ2) is 8.98. The summed E-state index contributed by atoms with van der Waals surface area (Å²) in [5.41, 5.74) is 5.38. The molecule has 0 saturated heterocycles. The van der Waals surface area contributed by atoms with Gasteiger partial charge in [-0.3, -0.25) is 9.78 Å². The molecule has 2 aromatic carbocycles. The third-order valence-electron chi connectivity index (χ3n) is 6.55. The molecule has 0 fully saturated rings. The van der Waals surface area contributed by atoms with Gasteiger partial charge < -0.3 is 19.4 Å². The van der Waals surface area contributed by atoms with Crippen LogP contribution in [0.5, 0.6) is 11.5 Å². The summed E-state index contributed by atoms with van der Waals surface area (Å²) in [5, 5.41) is 1.23. The number of fused-ring (bicyclic) bond motifs is 2. The molecule has 0 spiro atoms. The number of benzene rings is 2. The van der Waals surface area contributed by atoms with Crippen LogP contribution in [0.2, 0.25) is 0 Å². The fraction of sp³-hybridized carbons (Fsp3) is 0.259. The highest BCUT2D eigenvalue weighted by molar-refractivity contribution is 5.94. The molecule has 6 heteroatoms. The maximum Gasteiger partial charge on any atom is 0.254 e. The first-order valence-electron chi connectivity index (χ1n) is 11.2. The van der Waals surface area contributed by atoms with Crippen molar-refractivity contribution in [2.24, 2.45) is 0 Å². The topological polar surface area (TPSA) is 67.5 Å². The van der Waals surface area contributed by atoms with Crippen LogP contribution in [0.25, 0.3) is 10.9 Å². The van der Waals surface area contributed by atoms with E-state index < -0.39 is 0 Å². The second-order valence-electron chi connectivity index (χ2n) is 8.30. The van der Waals surface area contributed by atoms with Crippen LogP contribution >= 0.6 is 0 Å². The lowest BCUT2D eigenvalue weighted by Gasteiger charge is -2.38. The van der Waals surface area contributed by atoms with Gasteiger partial charge in [-0.05, 0) is 66.3 Å². The van der Waals surface area contributed by atoms with Crippen LogP contribution in [0.15, 0.2) is 67.1 Å². The quantitative estimate of drug-likeness (QED) is 0.460. The van der Waals surface area contributed by atoms with Crippen LogP contribution in [0.1, 0.15) is 39.5 Å². The van der Waals surface area contributed by atoms with Gasteiger partial charge in [-0.25, -0.2) is 0 Å². The molecule has 0 bridgehead atoms. The van der Waals surface area contributed by atoms with Crippen molar-refractivity contribution in [1.29, 1.82) is 0 Å². The standard InChI is InChI=1S/C27H27N3O3/c1-32-25-15-19-11-14-30(27(31)18-9-12-28-13-10-18)24(22(19)16-26(25)33-2)8-7-20-17-29-23-6-4-3-5-21(20)23/h3-6,9-10,12-13,15-17,24,29H,7-8,11,14H2,1-2H3. The number of pyridine rings is 1. The molecule has 0 radical (unpaired) electrons. The maximum atomic E-state index is 13.5. The maximum absolute atomic E-state index is 13.5. The van der Waals surface area contributed by atoms with Crippen molar-refractivity contribution < 1.29 is 14.3 Å². The van der Waals surface area contributed by atoms with E-state index in [0.717, 1.165) is 36.1 Å². The van der Waals surface area contributed by atoms with Crippen molar-refractivity contribution >= 4 is 16.8 Å². The highest BCUT2D eigenvalue weighted by Crippen LogP contribution is 2.40. The minimum atomic E-state index is -0.0668. The second-order valence-corrected chi connectivity index (χ2v) is 8.30. The van der Waals surface area contributed by atoms with Crippen LogP contribution in [0, 0.1) is 0 Å². The van der Waals surface area contributed by atoms with Crippen LogP contribution < -0.4 is 9.47 Å². The lowest BCUT2D eigenvalue weighted by Crippen LogP contribution is -2.40. The van der Waals surface area contributed by atoms with E-state index in [0.29, 0.717) is 17.9 Å². The molecular formula is C27H27N3O3. The fourth-order valence-corrected chi connectivity index (χ4v) is 4.87. The molecule has 1 aliphatic rings. The lowest BCUT2D eigenvalue weighted by atomic mass is 9.88. The number of para-hydroxylation sites is 1. The van der Waals surface area contributed by atoms with E-state index in [1.807, 2.05) is 17.0 Å². The van der Waals surface area contributed by atoms with E-state index in [1.54, 1.807) is 38.7 Å². The smallest absolute Gasteiger partial charge is 0.254 e. The number of carbonyl (C=O) groups excluding carboxylic acids is 1. The summed E-state index contributed by atoms with van der Waals surface area (Å²) in [7, 11) is 3.30. The predicted molar refractivity (Wildman–Crippen MR) is 128 cm³/mol. The molecule has 6 nitrogen and oxygen atoms in total. The number of hydrogen-bond acceptors (Lipinski definition) is 4. The van der Waals surface area contributed by atoms with Gasteiger partial charge in [0.1, 0.15) is 0 Å². The zero-order valence-electron chi connectivity index (χ0n) is 18.9. The number of nitrogens with zero attached hydrogens (tertiary/aromatic N) is 2. The van der Waals surface area contributed by atoms with Crippen LogP contribution in [-0.4, -0.2) is 41.5 Å². The number of amides is 1. The minimum absolute atomic E-state index is 0.0294. The Morgan fingerprint density at radius 3 is 2.64 bits per heavy atom. The van der Waals surface area contributed by atoms with E-state index in [-0.39, 0.29) is 11.9 Å². The largest absolute Gasteiger partial charge is 0.493 e. The van der Waals surface area contributed by atoms with Gasteiger partial charge in [0.05, 0.1) is 20.3 Å². The van der Waals surface area contributed by atoms with Gasteiger partial charge in [0, 0.05) is 41.6 Å². The zero-order chi connectivity index (χ0) is 22.8. The summed E-state index contributed by atoms with van der Waals surface area (Å²) >= 11 is 0. The van der Waals surface area contributed by atoms with Crippen LogP contribution in [0.4, 0.5) is 0 Å². The van der Waals surface area contributed by atoms with Crippen molar-refractivity contribution in [2.45, 2.75) is 25.3 Å². The number of ether oxygens (including phenoxy) is 2. The number of nitrogens with one attached hydrogen (secondary N) is 1. The van der Waals surface area contributed by atoms with Gasteiger partial charge in [-0.2, -0.15) is 0 Å². The Morgan fingerprint density at radius 1 is 1.09 bits per heavy atom. The summed E-state index contributed by atoms with van der Waals surface area (Å²) in [6.45, 7) is 0.655. The fourth-order valence-electron chi connectivity index (χ4n) is 4.87. The molecule has 1 N–H and O–H groups in total. The average Bonchev–Trinajstić information content (AvgIpc) is 3.29. The summed E-state index contributed by atoms with van der Waals surface area (Å²) in [6, 6.07) is 15.9. The lowest BCUT2D eigenvalue weighted by molar-refractivity contribution is 0.0650. The zero-order valence-corrected chi connectivity index (χ0v) is 18.9. The van der Waals surface area contributed by atoms with Gasteiger partial charge in [-0.15, -0.1) is 0 Å². The van der Waals surface area contributed by atoms with Gasteiger partial charge in [0.25, 0.3) is 5.91 Å². The monoisotopic (exact) mass is 441 g/mol. The normalized spacial score (nSPS) is 15.3. The van der Waals surface area contributed by atoms with Crippen molar-refractivity contribution in [3.63, 3.8) is 0 Å². The van der Waals surface area contributed by atoms with E-state index in [2.05, 4.69) is 40.4 Å². The first-order valence-corrected chi connectivity index (χ1v) is 11.2. The highest BCUT2D eigenvalue weighted by atomic mass is 16.5. The highest BCUT2D eigenvalue weighted by Gasteiger charge is 2.32. The number of rotatable bonds is 6. The minimum Gasteiger partial charge on any atom is -0.493 e. The number of hydrogen-bond donors (Lipinski definition) is 1. The Morgan fingerprint density at radius 2 is 1.85 bits per heavy atom. The molecule has 168 valence electrons. The Balaban J connectivity index is 1.52. The number of aryl methyl sites for hydroxylation is 1. The predicted octanol–water partition coefficient (Wildman–Crippen LogP) is 4.95. The molecule has 1 atom stereocenters. The summed E-state index contributed by atoms with van der Waals surface area (Å²) in [5.74, 6) is 1.44. The van der Waals surface area contributed by atoms with Crippen LogP contribution in [0.3, 0.4) is 0 Å². The summed E-state index contributed by atoms with van der Waals surface area (Å²) in [6.07, 6.45) is 7.85. The van der Waals surface area contributed by atoms with Gasteiger partial charge in [0.2, 0.25) is 0 Å². The first kappa shape index (κ1) is 21.1. The first-order chi connectivity index (χ1) is 16.2. The molecule has 0 saturated carbocycles. The third-order valence-corrected chi connectivity index (χ3v) is 6.55. The van der Waals surface area contributed by atoms with Crippen molar-refractivity contribution in [3.05, 3.63) is 89.4 Å². The number of methoxy groups -OCH3 is 2. The Bertz CT molecular complexity index is 1280. The van der Waals surface area contributed by atoms with Crippen LogP contribution in [-0.2, 0) is 12.8 Å². The SMILES string of the molecule is COc1cc2c(cc1OC)C(CCc1c[nH]c3ccccc13)N(C(=O)c1ccncc1)CC2. The molecular weight excluding hydrogens is 414 g/mol. The molecule has 1 amide bonds. The van der Waals surface area contributed by atoms with Gasteiger partial charge in [0.15, 0.2) is 11.5 Å². The van der Waals surface area contributed by atoms with E-state index >= 15 is 0 Å². The van der Waals surface area contributed by atoms with Crippen molar-refractivity contribution in [2.75, 3.05) is 20.8 Å². The van der Waals surface area contributed by atoms with E-state index in [4.69, 9.17) is 9.47 Å². The molecule has 33 heavy (non-hydrogen) atoms. The number of H-pyrrole nitrogens is 1. The molecule has 4 aromatic rings. The summed E-state index contributed by atoms with van der Waals surface area (Å²) in [4.78, 5) is 22.9. The molecule has 3 heterocycles. The number of aromatic amines is 1. The van der Waals surface area contributed by atoms with Gasteiger partial charge in [-0.1, -0.05) is 18.2 Å².